The van der Waals surface area contributed by atoms with Crippen molar-refractivity contribution < 1.29 is 0 Å². The molecule has 1 aliphatic rings. The third-order valence-electron chi connectivity index (χ3n) is 4.03. The van der Waals surface area contributed by atoms with Crippen molar-refractivity contribution in [2.75, 3.05) is 6.54 Å². The second-order valence-corrected chi connectivity index (χ2v) is 4.98. The smallest absolute Gasteiger partial charge is 0.00430 e. The van der Waals surface area contributed by atoms with Crippen LogP contribution in [0.4, 0.5) is 0 Å². The fraction of sp³-hybridized carbons (Fsp3) is 0.600. The van der Waals surface area contributed by atoms with Gasteiger partial charge in [0.05, 0.1) is 0 Å². The lowest BCUT2D eigenvalue weighted by Crippen LogP contribution is -2.25. The van der Waals surface area contributed by atoms with E-state index in [-0.39, 0.29) is 0 Å². The first-order chi connectivity index (χ1) is 7.85. The number of benzene rings is 1. The molecule has 0 saturated heterocycles. The first-order valence-corrected chi connectivity index (χ1v) is 6.64. The van der Waals surface area contributed by atoms with Crippen LogP contribution in [0.5, 0.6) is 0 Å². The van der Waals surface area contributed by atoms with E-state index in [4.69, 9.17) is 5.73 Å². The number of rotatable bonds is 3. The highest BCUT2D eigenvalue weighted by atomic mass is 14.6. The number of hydrogen-bond acceptors (Lipinski definition) is 1. The van der Waals surface area contributed by atoms with Crippen molar-refractivity contribution in [2.24, 2.45) is 11.7 Å². The largest absolute Gasteiger partial charge is 0.330 e. The number of hydrogen-bond donors (Lipinski definition) is 1. The van der Waals surface area contributed by atoms with Gasteiger partial charge in [0.1, 0.15) is 0 Å². The first-order valence-electron chi connectivity index (χ1n) is 6.64. The molecule has 1 fully saturated rings. The van der Waals surface area contributed by atoms with Crippen molar-refractivity contribution >= 4 is 0 Å². The van der Waals surface area contributed by atoms with Crippen LogP contribution >= 0.6 is 0 Å². The van der Waals surface area contributed by atoms with E-state index in [1.54, 1.807) is 0 Å². The average molecular weight is 217 g/mol. The highest BCUT2D eigenvalue weighted by Crippen LogP contribution is 2.37. The van der Waals surface area contributed by atoms with Crippen molar-refractivity contribution in [2.45, 2.75) is 44.9 Å². The first kappa shape index (κ1) is 11.7. The van der Waals surface area contributed by atoms with E-state index < -0.39 is 0 Å². The molecule has 1 nitrogen and oxygen atoms in total. The summed E-state index contributed by atoms with van der Waals surface area (Å²) >= 11 is 0. The molecule has 0 aromatic heterocycles. The van der Waals surface area contributed by atoms with Crippen LogP contribution in [0.2, 0.25) is 0 Å². The Labute approximate surface area is 99.0 Å². The zero-order valence-electron chi connectivity index (χ0n) is 10.3. The van der Waals surface area contributed by atoms with Crippen molar-refractivity contribution in [1.29, 1.82) is 0 Å². The van der Waals surface area contributed by atoms with Crippen LogP contribution in [-0.4, -0.2) is 6.54 Å². The Morgan fingerprint density at radius 3 is 2.44 bits per heavy atom. The molecule has 0 radical (unpaired) electrons. The Morgan fingerprint density at radius 2 is 1.81 bits per heavy atom. The zero-order valence-corrected chi connectivity index (χ0v) is 10.3. The van der Waals surface area contributed by atoms with E-state index >= 15 is 0 Å². The van der Waals surface area contributed by atoms with Crippen molar-refractivity contribution in [1.82, 2.24) is 0 Å². The molecule has 1 aromatic rings. The van der Waals surface area contributed by atoms with Gasteiger partial charge in [0.2, 0.25) is 0 Å². The maximum Gasteiger partial charge on any atom is -0.00430 e. The molecule has 0 bridgehead atoms. The van der Waals surface area contributed by atoms with Crippen LogP contribution in [0.25, 0.3) is 0 Å². The SMILES string of the molecule is CCc1ccc(C2CCCCC2CN)cc1. The molecule has 16 heavy (non-hydrogen) atoms. The van der Waals surface area contributed by atoms with E-state index in [9.17, 15) is 0 Å². The quantitative estimate of drug-likeness (QED) is 0.824. The van der Waals surface area contributed by atoms with Crippen molar-refractivity contribution in [3.05, 3.63) is 35.4 Å². The lowest BCUT2D eigenvalue weighted by molar-refractivity contribution is 0.314. The van der Waals surface area contributed by atoms with Gasteiger partial charge in [-0.25, -0.2) is 0 Å². The molecule has 0 heterocycles. The summed E-state index contributed by atoms with van der Waals surface area (Å²) in [6, 6.07) is 9.18. The Kier molecular flexibility index (Phi) is 4.00. The van der Waals surface area contributed by atoms with Crippen LogP contribution in [0, 0.1) is 5.92 Å². The van der Waals surface area contributed by atoms with Gasteiger partial charge in [0, 0.05) is 0 Å². The van der Waals surface area contributed by atoms with Gasteiger partial charge >= 0.3 is 0 Å². The fourth-order valence-electron chi connectivity index (χ4n) is 2.93. The molecular weight excluding hydrogens is 194 g/mol. The van der Waals surface area contributed by atoms with Crippen LogP contribution < -0.4 is 5.73 Å². The molecule has 88 valence electrons. The maximum atomic E-state index is 5.89. The zero-order chi connectivity index (χ0) is 11.4. The van der Waals surface area contributed by atoms with Crippen LogP contribution in [-0.2, 0) is 6.42 Å². The molecule has 2 rings (SSSR count). The number of nitrogens with two attached hydrogens (primary N) is 1. The predicted molar refractivity (Wildman–Crippen MR) is 69.6 cm³/mol. The highest BCUT2D eigenvalue weighted by Gasteiger charge is 2.24. The molecule has 0 amide bonds. The second-order valence-electron chi connectivity index (χ2n) is 4.98. The van der Waals surface area contributed by atoms with Gasteiger partial charge in [-0.05, 0) is 48.8 Å². The Morgan fingerprint density at radius 1 is 1.12 bits per heavy atom. The summed E-state index contributed by atoms with van der Waals surface area (Å²) in [5.41, 5.74) is 8.83. The summed E-state index contributed by atoms with van der Waals surface area (Å²) in [7, 11) is 0. The fourth-order valence-corrected chi connectivity index (χ4v) is 2.93. The van der Waals surface area contributed by atoms with Crippen molar-refractivity contribution in [3.8, 4) is 0 Å². The number of aryl methyl sites for hydroxylation is 1. The van der Waals surface area contributed by atoms with Gasteiger partial charge in [-0.3, -0.25) is 0 Å². The summed E-state index contributed by atoms with van der Waals surface area (Å²) in [5.74, 6) is 1.42. The van der Waals surface area contributed by atoms with Crippen molar-refractivity contribution in [3.63, 3.8) is 0 Å². The molecule has 1 heteroatoms. The minimum absolute atomic E-state index is 0.709. The van der Waals surface area contributed by atoms with Gasteiger partial charge in [-0.15, -0.1) is 0 Å². The molecule has 1 aromatic carbocycles. The molecule has 1 saturated carbocycles. The highest BCUT2D eigenvalue weighted by molar-refractivity contribution is 5.26. The third-order valence-corrected chi connectivity index (χ3v) is 4.03. The van der Waals surface area contributed by atoms with Gasteiger partial charge in [0.15, 0.2) is 0 Å². The summed E-state index contributed by atoms with van der Waals surface area (Å²) in [5, 5.41) is 0. The summed E-state index contributed by atoms with van der Waals surface area (Å²) < 4.78 is 0. The van der Waals surface area contributed by atoms with E-state index in [2.05, 4.69) is 31.2 Å². The molecule has 1 aliphatic carbocycles. The van der Waals surface area contributed by atoms with Gasteiger partial charge in [0.25, 0.3) is 0 Å². The van der Waals surface area contributed by atoms with Crippen LogP contribution in [0.3, 0.4) is 0 Å². The Hall–Kier alpha value is -0.820. The molecular formula is C15H23N. The standard InChI is InChI=1S/C15H23N/c1-2-12-7-9-13(10-8-12)15-6-4-3-5-14(15)11-16/h7-10,14-15H,2-6,11,16H2,1H3. The average Bonchev–Trinajstić information content (AvgIpc) is 2.39. The van der Waals surface area contributed by atoms with E-state index in [0.717, 1.165) is 13.0 Å². The van der Waals surface area contributed by atoms with Crippen LogP contribution in [0.15, 0.2) is 24.3 Å². The Bertz CT molecular complexity index is 315. The maximum absolute atomic E-state index is 5.89. The van der Waals surface area contributed by atoms with Crippen LogP contribution in [0.1, 0.15) is 49.7 Å². The third kappa shape index (κ3) is 2.46. The lowest BCUT2D eigenvalue weighted by Gasteiger charge is -2.31. The summed E-state index contributed by atoms with van der Waals surface area (Å²) in [6.07, 6.45) is 6.51. The minimum Gasteiger partial charge on any atom is -0.330 e. The summed E-state index contributed by atoms with van der Waals surface area (Å²) in [6.45, 7) is 3.05. The minimum atomic E-state index is 0.709. The normalized spacial score (nSPS) is 25.6. The lowest BCUT2D eigenvalue weighted by atomic mass is 9.75. The predicted octanol–water partition coefficient (Wildman–Crippen LogP) is 3.48. The Balaban J connectivity index is 2.14. The second kappa shape index (κ2) is 5.49. The van der Waals surface area contributed by atoms with E-state index in [1.165, 1.54) is 36.8 Å². The molecule has 2 unspecified atom stereocenters. The summed E-state index contributed by atoms with van der Waals surface area (Å²) in [4.78, 5) is 0. The monoisotopic (exact) mass is 217 g/mol. The molecule has 0 aliphatic heterocycles. The molecule has 2 atom stereocenters. The molecule has 2 N–H and O–H groups in total. The van der Waals surface area contributed by atoms with E-state index in [1.807, 2.05) is 0 Å². The van der Waals surface area contributed by atoms with Gasteiger partial charge < -0.3 is 5.73 Å². The topological polar surface area (TPSA) is 26.0 Å². The molecule has 0 spiro atoms. The van der Waals surface area contributed by atoms with Gasteiger partial charge in [-0.1, -0.05) is 44.0 Å². The van der Waals surface area contributed by atoms with Gasteiger partial charge in [-0.2, -0.15) is 0 Å². The van der Waals surface area contributed by atoms with E-state index in [0.29, 0.717) is 11.8 Å².